The summed E-state index contributed by atoms with van der Waals surface area (Å²) in [6, 6.07) is 3.83. The maximum absolute atomic E-state index is 13.2. The molecule has 2 aromatic rings. The number of nitrogens with one attached hydrogen (secondary N) is 1. The number of aryl methyl sites for hydroxylation is 1. The Hall–Kier alpha value is -2.65. The molecule has 0 unspecified atom stereocenters. The van der Waals surface area contributed by atoms with Crippen molar-refractivity contribution in [1.29, 1.82) is 0 Å². The first-order chi connectivity index (χ1) is 9.60. The Labute approximate surface area is 115 Å². The van der Waals surface area contributed by atoms with Crippen molar-refractivity contribution in [3.8, 4) is 11.8 Å². The zero-order valence-electron chi connectivity index (χ0n) is 10.7. The number of aromatic nitrogens is 2. The minimum Gasteiger partial charge on any atom is -0.384 e. The molecule has 20 heavy (non-hydrogen) atoms. The van der Waals surface area contributed by atoms with Crippen molar-refractivity contribution >= 4 is 11.6 Å². The highest BCUT2D eigenvalue weighted by molar-refractivity contribution is 6.03. The number of carbonyl (C=O) groups excluding carboxylic acids is 1. The number of halogens is 1. The number of hydrogen-bond acceptors (Lipinski definition) is 3. The minimum absolute atomic E-state index is 0.248. The molecule has 2 N–H and O–H groups in total. The average Bonchev–Trinajstić information content (AvgIpc) is 2.85. The van der Waals surface area contributed by atoms with Gasteiger partial charge in [-0.05, 0) is 18.2 Å². The Kier molecular flexibility index (Phi) is 4.13. The maximum Gasteiger partial charge on any atom is 0.275 e. The summed E-state index contributed by atoms with van der Waals surface area (Å²) in [6.07, 6.45) is 3.07. The first-order valence-electron chi connectivity index (χ1n) is 5.79. The van der Waals surface area contributed by atoms with Crippen LogP contribution in [-0.2, 0) is 7.05 Å². The summed E-state index contributed by atoms with van der Waals surface area (Å²) in [6.45, 7) is -0.343. The molecule has 0 bridgehead atoms. The van der Waals surface area contributed by atoms with Gasteiger partial charge in [-0.15, -0.1) is 0 Å². The van der Waals surface area contributed by atoms with Crippen LogP contribution in [0.5, 0.6) is 0 Å². The predicted molar refractivity (Wildman–Crippen MR) is 71.5 cm³/mol. The van der Waals surface area contributed by atoms with Crippen LogP contribution in [0.25, 0.3) is 0 Å². The van der Waals surface area contributed by atoms with Crippen molar-refractivity contribution in [1.82, 2.24) is 9.55 Å². The fourth-order valence-electron chi connectivity index (χ4n) is 1.58. The molecule has 102 valence electrons. The Morgan fingerprint density at radius 3 is 3.00 bits per heavy atom. The van der Waals surface area contributed by atoms with Crippen molar-refractivity contribution in [2.75, 3.05) is 11.9 Å². The van der Waals surface area contributed by atoms with Gasteiger partial charge >= 0.3 is 0 Å². The molecule has 0 aliphatic heterocycles. The zero-order chi connectivity index (χ0) is 14.5. The van der Waals surface area contributed by atoms with E-state index in [1.165, 1.54) is 24.5 Å². The van der Waals surface area contributed by atoms with E-state index in [0.717, 1.165) is 0 Å². The summed E-state index contributed by atoms with van der Waals surface area (Å²) < 4.78 is 14.8. The largest absolute Gasteiger partial charge is 0.384 e. The molecule has 1 amide bonds. The lowest BCUT2D eigenvalue weighted by molar-refractivity contribution is 0.102. The minimum atomic E-state index is -0.469. The number of imidazole rings is 1. The molecule has 1 aromatic carbocycles. The Morgan fingerprint density at radius 2 is 2.35 bits per heavy atom. The Bertz CT molecular complexity index is 698. The molecule has 6 heteroatoms. The number of hydrogen-bond donors (Lipinski definition) is 2. The molecule has 0 atom stereocenters. The van der Waals surface area contributed by atoms with Gasteiger partial charge in [0.2, 0.25) is 0 Å². The number of aliphatic hydroxyl groups is 1. The van der Waals surface area contributed by atoms with Crippen LogP contribution in [0.1, 0.15) is 16.1 Å². The summed E-state index contributed by atoms with van der Waals surface area (Å²) in [5.41, 5.74) is 0.907. The molecule has 0 spiro atoms. The SMILES string of the molecule is Cn1cnc(C(=O)Nc2ccc(F)cc2C#CCO)c1. The van der Waals surface area contributed by atoms with Gasteiger partial charge in [-0.1, -0.05) is 11.8 Å². The fraction of sp³-hybridized carbons (Fsp3) is 0.143. The molecule has 0 fully saturated rings. The quantitative estimate of drug-likeness (QED) is 0.807. The van der Waals surface area contributed by atoms with Crippen molar-refractivity contribution in [2.45, 2.75) is 0 Å². The zero-order valence-corrected chi connectivity index (χ0v) is 10.7. The highest BCUT2D eigenvalue weighted by Crippen LogP contribution is 2.16. The summed E-state index contributed by atoms with van der Waals surface area (Å²) >= 11 is 0. The molecule has 1 heterocycles. The third kappa shape index (κ3) is 3.22. The van der Waals surface area contributed by atoms with E-state index >= 15 is 0 Å². The van der Waals surface area contributed by atoms with Crippen molar-refractivity contribution < 1.29 is 14.3 Å². The summed E-state index contributed by atoms with van der Waals surface area (Å²) in [4.78, 5) is 15.9. The number of amides is 1. The van der Waals surface area contributed by atoms with E-state index in [1.54, 1.807) is 17.8 Å². The van der Waals surface area contributed by atoms with Crippen LogP contribution in [-0.4, -0.2) is 27.2 Å². The highest BCUT2D eigenvalue weighted by atomic mass is 19.1. The van der Waals surface area contributed by atoms with Crippen LogP contribution in [0.2, 0.25) is 0 Å². The average molecular weight is 273 g/mol. The van der Waals surface area contributed by atoms with Gasteiger partial charge in [0.15, 0.2) is 0 Å². The van der Waals surface area contributed by atoms with Crippen LogP contribution in [0.4, 0.5) is 10.1 Å². The lowest BCUT2D eigenvalue weighted by Gasteiger charge is -2.06. The van der Waals surface area contributed by atoms with Crippen LogP contribution < -0.4 is 5.32 Å². The molecule has 0 radical (unpaired) electrons. The van der Waals surface area contributed by atoms with Crippen LogP contribution in [0.3, 0.4) is 0 Å². The molecule has 0 aliphatic carbocycles. The van der Waals surface area contributed by atoms with Crippen LogP contribution in [0, 0.1) is 17.7 Å². The molecular weight excluding hydrogens is 261 g/mol. The second kappa shape index (κ2) is 5.99. The van der Waals surface area contributed by atoms with Gasteiger partial charge in [0.25, 0.3) is 5.91 Å². The van der Waals surface area contributed by atoms with Gasteiger partial charge in [0.1, 0.15) is 18.1 Å². The van der Waals surface area contributed by atoms with Gasteiger partial charge in [-0.2, -0.15) is 0 Å². The smallest absolute Gasteiger partial charge is 0.275 e. The number of rotatable bonds is 2. The highest BCUT2D eigenvalue weighted by Gasteiger charge is 2.11. The van der Waals surface area contributed by atoms with Gasteiger partial charge < -0.3 is 15.0 Å². The second-order valence-corrected chi connectivity index (χ2v) is 4.03. The number of carbonyl (C=O) groups is 1. The van der Waals surface area contributed by atoms with Crippen LogP contribution in [0.15, 0.2) is 30.7 Å². The summed E-state index contributed by atoms with van der Waals surface area (Å²) in [7, 11) is 1.75. The monoisotopic (exact) mass is 273 g/mol. The van der Waals surface area contributed by atoms with Crippen LogP contribution >= 0.6 is 0 Å². The Balaban J connectivity index is 2.26. The number of benzene rings is 1. The Morgan fingerprint density at radius 1 is 1.55 bits per heavy atom. The van der Waals surface area contributed by atoms with E-state index in [-0.39, 0.29) is 12.3 Å². The van der Waals surface area contributed by atoms with Crippen molar-refractivity contribution in [3.63, 3.8) is 0 Å². The molecule has 5 nitrogen and oxygen atoms in total. The molecule has 0 aliphatic rings. The lowest BCUT2D eigenvalue weighted by atomic mass is 10.1. The van der Waals surface area contributed by atoms with E-state index in [2.05, 4.69) is 22.1 Å². The van der Waals surface area contributed by atoms with Crippen molar-refractivity contribution in [3.05, 3.63) is 47.8 Å². The molecular formula is C14H12FN3O2. The first-order valence-corrected chi connectivity index (χ1v) is 5.79. The molecule has 0 saturated carbocycles. The van der Waals surface area contributed by atoms with Gasteiger partial charge in [0.05, 0.1) is 17.6 Å². The van der Waals surface area contributed by atoms with Crippen molar-refractivity contribution in [2.24, 2.45) is 7.05 Å². The van der Waals surface area contributed by atoms with Gasteiger partial charge in [0, 0.05) is 13.2 Å². The summed E-state index contributed by atoms with van der Waals surface area (Å²) in [5.74, 6) is 4.12. The standard InChI is InChI=1S/C14H12FN3O2/c1-18-8-13(16-9-18)14(20)17-12-5-4-11(15)7-10(12)3-2-6-19/h4-5,7-9,19H,6H2,1H3,(H,17,20). The topological polar surface area (TPSA) is 67.2 Å². The van der Waals surface area contributed by atoms with Gasteiger partial charge in [-0.3, -0.25) is 4.79 Å². The lowest BCUT2D eigenvalue weighted by Crippen LogP contribution is -2.13. The maximum atomic E-state index is 13.2. The third-order valence-corrected chi connectivity index (χ3v) is 2.47. The fourth-order valence-corrected chi connectivity index (χ4v) is 1.58. The van der Waals surface area contributed by atoms with Gasteiger partial charge in [-0.25, -0.2) is 9.37 Å². The first kappa shape index (κ1) is 13.8. The normalized spacial score (nSPS) is 9.75. The van der Waals surface area contributed by atoms with E-state index in [4.69, 9.17) is 5.11 Å². The summed E-state index contributed by atoms with van der Waals surface area (Å²) in [5, 5.41) is 11.3. The van der Waals surface area contributed by atoms with E-state index in [1.807, 2.05) is 0 Å². The predicted octanol–water partition coefficient (Wildman–Crippen LogP) is 1.16. The van der Waals surface area contributed by atoms with E-state index in [9.17, 15) is 9.18 Å². The number of aliphatic hydroxyl groups excluding tert-OH is 1. The van der Waals surface area contributed by atoms with E-state index < -0.39 is 11.7 Å². The molecule has 2 rings (SSSR count). The van der Waals surface area contributed by atoms with E-state index in [0.29, 0.717) is 11.3 Å². The molecule has 1 aromatic heterocycles. The number of nitrogens with zero attached hydrogens (tertiary/aromatic N) is 2. The number of anilines is 1. The second-order valence-electron chi connectivity index (χ2n) is 4.03. The molecule has 0 saturated heterocycles. The third-order valence-electron chi connectivity index (χ3n) is 2.47.